The van der Waals surface area contributed by atoms with E-state index in [4.69, 9.17) is 9.84 Å². The van der Waals surface area contributed by atoms with Crippen LogP contribution in [0.1, 0.15) is 25.7 Å². The Morgan fingerprint density at radius 1 is 1.18 bits per heavy atom. The van der Waals surface area contributed by atoms with E-state index in [9.17, 15) is 18.3 Å². The van der Waals surface area contributed by atoms with Crippen LogP contribution in [0.2, 0.25) is 0 Å². The molecule has 3 heterocycles. The molecule has 0 radical (unpaired) electrons. The molecular formula is C22H25F3N6O3. The zero-order valence-corrected chi connectivity index (χ0v) is 18.8. The van der Waals surface area contributed by atoms with E-state index >= 15 is 0 Å². The fourth-order valence-electron chi connectivity index (χ4n) is 4.61. The Balaban J connectivity index is 1.62. The van der Waals surface area contributed by atoms with Gasteiger partial charge in [-0.25, -0.2) is 0 Å². The van der Waals surface area contributed by atoms with Gasteiger partial charge in [0.25, 0.3) is 0 Å². The number of fused-ring (bicyclic) bond motifs is 3. The van der Waals surface area contributed by atoms with Gasteiger partial charge in [-0.3, -0.25) is 0 Å². The Kier molecular flexibility index (Phi) is 5.62. The van der Waals surface area contributed by atoms with Gasteiger partial charge in [0.1, 0.15) is 18.0 Å². The first kappa shape index (κ1) is 22.5. The van der Waals surface area contributed by atoms with E-state index in [1.165, 1.54) is 22.7 Å². The second-order valence-electron chi connectivity index (χ2n) is 8.68. The van der Waals surface area contributed by atoms with Crippen LogP contribution in [0.5, 0.6) is 11.5 Å². The van der Waals surface area contributed by atoms with E-state index in [1.807, 2.05) is 14.1 Å². The molecule has 12 heteroatoms. The number of aromatic nitrogens is 4. The lowest BCUT2D eigenvalue weighted by molar-refractivity contribution is -0.274. The molecule has 1 aliphatic heterocycles. The average molecular weight is 478 g/mol. The third-order valence-electron chi connectivity index (χ3n) is 6.39. The molecule has 0 unspecified atom stereocenters. The number of likely N-dealkylation sites (N-methyl/N-ethyl adjacent to an activating group) is 1. The van der Waals surface area contributed by atoms with Crippen LogP contribution in [0.4, 0.5) is 24.7 Å². The lowest BCUT2D eigenvalue weighted by atomic mass is 9.92. The van der Waals surface area contributed by atoms with Crippen molar-refractivity contribution in [2.45, 2.75) is 44.2 Å². The predicted octanol–water partition coefficient (Wildman–Crippen LogP) is 3.26. The SMILES string of the molecule is CN1CCOc2c1c(N(C)C1CCC(O)CC1)nn1c(-c3cccc(OC(F)(F)F)c3)nnc21. The second-order valence-corrected chi connectivity index (χ2v) is 8.68. The van der Waals surface area contributed by atoms with Crippen LogP contribution in [0.15, 0.2) is 24.3 Å². The number of rotatable bonds is 4. The first-order valence-corrected chi connectivity index (χ1v) is 11.1. The van der Waals surface area contributed by atoms with Crippen molar-refractivity contribution in [2.24, 2.45) is 0 Å². The topological polar surface area (TPSA) is 88.2 Å². The van der Waals surface area contributed by atoms with Crippen molar-refractivity contribution in [2.75, 3.05) is 37.0 Å². The molecule has 1 fully saturated rings. The van der Waals surface area contributed by atoms with Crippen molar-refractivity contribution in [3.63, 3.8) is 0 Å². The summed E-state index contributed by atoms with van der Waals surface area (Å²) in [5.74, 6) is 1.11. The van der Waals surface area contributed by atoms with E-state index in [0.29, 0.717) is 35.9 Å². The van der Waals surface area contributed by atoms with Crippen LogP contribution in [0.25, 0.3) is 17.0 Å². The van der Waals surface area contributed by atoms with Crippen LogP contribution in [-0.4, -0.2) is 70.7 Å². The summed E-state index contributed by atoms with van der Waals surface area (Å²) in [6.45, 7) is 1.13. The normalized spacial score (nSPS) is 20.7. The minimum absolute atomic E-state index is 0.177. The summed E-state index contributed by atoms with van der Waals surface area (Å²) < 4.78 is 49.8. The molecule has 1 N–H and O–H groups in total. The molecular weight excluding hydrogens is 453 g/mol. The highest BCUT2D eigenvalue weighted by atomic mass is 19.4. The van der Waals surface area contributed by atoms with Crippen LogP contribution < -0.4 is 19.3 Å². The van der Waals surface area contributed by atoms with E-state index in [0.717, 1.165) is 31.4 Å². The summed E-state index contributed by atoms with van der Waals surface area (Å²) in [5.41, 5.74) is 1.55. The maximum Gasteiger partial charge on any atom is 0.573 e. The number of aliphatic hydroxyl groups excluding tert-OH is 1. The van der Waals surface area contributed by atoms with Gasteiger partial charge in [0.15, 0.2) is 17.4 Å². The van der Waals surface area contributed by atoms with E-state index in [-0.39, 0.29) is 23.7 Å². The molecule has 0 amide bonds. The van der Waals surface area contributed by atoms with Crippen molar-refractivity contribution in [3.05, 3.63) is 24.3 Å². The maximum absolute atomic E-state index is 12.7. The van der Waals surface area contributed by atoms with Crippen LogP contribution in [-0.2, 0) is 0 Å². The number of ether oxygens (including phenoxy) is 2. The molecule has 1 aliphatic carbocycles. The number of hydrogen-bond donors (Lipinski definition) is 1. The Hall–Kier alpha value is -3.28. The van der Waals surface area contributed by atoms with Gasteiger partial charge in [-0.15, -0.1) is 28.5 Å². The van der Waals surface area contributed by atoms with Gasteiger partial charge in [-0.2, -0.15) is 4.52 Å². The summed E-state index contributed by atoms with van der Waals surface area (Å²) in [6, 6.07) is 5.74. The predicted molar refractivity (Wildman–Crippen MR) is 118 cm³/mol. The fraction of sp³-hybridized carbons (Fsp3) is 0.500. The highest BCUT2D eigenvalue weighted by molar-refractivity contribution is 5.82. The fourth-order valence-corrected chi connectivity index (χ4v) is 4.61. The number of alkyl halides is 3. The molecule has 0 saturated heterocycles. The van der Waals surface area contributed by atoms with Crippen LogP contribution in [0.3, 0.4) is 0 Å². The van der Waals surface area contributed by atoms with Crippen LogP contribution >= 0.6 is 0 Å². The van der Waals surface area contributed by atoms with Crippen molar-refractivity contribution in [1.82, 2.24) is 19.8 Å². The third kappa shape index (κ3) is 4.17. The summed E-state index contributed by atoms with van der Waals surface area (Å²) in [6.07, 6.45) is -2.00. The Morgan fingerprint density at radius 2 is 1.94 bits per heavy atom. The summed E-state index contributed by atoms with van der Waals surface area (Å²) in [4.78, 5) is 4.14. The molecule has 182 valence electrons. The zero-order chi connectivity index (χ0) is 24.0. The van der Waals surface area contributed by atoms with Gasteiger partial charge < -0.3 is 24.4 Å². The van der Waals surface area contributed by atoms with Gasteiger partial charge in [0.05, 0.1) is 12.6 Å². The summed E-state index contributed by atoms with van der Waals surface area (Å²) in [7, 11) is 3.91. The molecule has 34 heavy (non-hydrogen) atoms. The highest BCUT2D eigenvalue weighted by Crippen LogP contribution is 2.43. The number of benzene rings is 1. The molecule has 1 aromatic carbocycles. The van der Waals surface area contributed by atoms with E-state index in [1.54, 1.807) is 6.07 Å². The quantitative estimate of drug-likeness (QED) is 0.612. The smallest absolute Gasteiger partial charge is 0.486 e. The molecule has 0 atom stereocenters. The third-order valence-corrected chi connectivity index (χ3v) is 6.39. The first-order valence-electron chi connectivity index (χ1n) is 11.1. The Bertz CT molecular complexity index is 1190. The molecule has 2 aromatic heterocycles. The summed E-state index contributed by atoms with van der Waals surface area (Å²) >= 11 is 0. The van der Waals surface area contributed by atoms with Crippen LogP contribution in [0, 0.1) is 0 Å². The molecule has 1 saturated carbocycles. The number of hydrogen-bond acceptors (Lipinski definition) is 8. The number of anilines is 2. The average Bonchev–Trinajstić information content (AvgIpc) is 3.22. The molecule has 0 spiro atoms. The van der Waals surface area contributed by atoms with Gasteiger partial charge in [-0.05, 0) is 37.8 Å². The zero-order valence-electron chi connectivity index (χ0n) is 18.8. The number of aliphatic hydroxyl groups is 1. The number of nitrogens with zero attached hydrogens (tertiary/aromatic N) is 6. The van der Waals surface area contributed by atoms with Gasteiger partial charge >= 0.3 is 6.36 Å². The van der Waals surface area contributed by atoms with E-state index < -0.39 is 6.36 Å². The Labute approximate surface area is 193 Å². The lowest BCUT2D eigenvalue weighted by Crippen LogP contribution is -2.39. The van der Waals surface area contributed by atoms with E-state index in [2.05, 4.69) is 24.7 Å². The molecule has 0 bridgehead atoms. The minimum atomic E-state index is -4.80. The van der Waals surface area contributed by atoms with Crippen molar-refractivity contribution >= 4 is 17.2 Å². The van der Waals surface area contributed by atoms with Gasteiger partial charge in [0.2, 0.25) is 5.65 Å². The first-order chi connectivity index (χ1) is 16.2. The maximum atomic E-state index is 12.7. The molecule has 3 aromatic rings. The van der Waals surface area contributed by atoms with Crippen molar-refractivity contribution < 1.29 is 27.8 Å². The largest absolute Gasteiger partial charge is 0.573 e. The Morgan fingerprint density at radius 3 is 2.68 bits per heavy atom. The summed E-state index contributed by atoms with van der Waals surface area (Å²) in [5, 5.41) is 23.2. The van der Waals surface area contributed by atoms with Crippen molar-refractivity contribution in [1.29, 1.82) is 0 Å². The molecule has 9 nitrogen and oxygen atoms in total. The number of halogens is 3. The van der Waals surface area contributed by atoms with Gasteiger partial charge in [0, 0.05) is 25.7 Å². The standard InChI is InChI=1S/C22H25F3N6O3/c1-29-10-11-33-18-17(29)20(30(2)14-6-8-15(32)9-7-14)28-31-19(26-27-21(18)31)13-4-3-5-16(12-13)34-22(23,24)25/h3-5,12,14-15,32H,6-11H2,1-2H3. The second kappa shape index (κ2) is 8.49. The highest BCUT2D eigenvalue weighted by Gasteiger charge is 2.33. The monoisotopic (exact) mass is 478 g/mol. The van der Waals surface area contributed by atoms with Crippen molar-refractivity contribution in [3.8, 4) is 22.9 Å². The molecule has 2 aliphatic rings. The minimum Gasteiger partial charge on any atom is -0.486 e. The van der Waals surface area contributed by atoms with Gasteiger partial charge in [-0.1, -0.05) is 12.1 Å². The lowest BCUT2D eigenvalue weighted by Gasteiger charge is -2.37. The molecule has 5 rings (SSSR count).